The third kappa shape index (κ3) is 3.53. The number of aryl methyl sites for hydroxylation is 1. The summed E-state index contributed by atoms with van der Waals surface area (Å²) in [4.78, 5) is 31.3. The van der Waals surface area contributed by atoms with Crippen LogP contribution < -0.4 is 10.1 Å². The van der Waals surface area contributed by atoms with E-state index in [-0.39, 0.29) is 33.7 Å². The van der Waals surface area contributed by atoms with Crippen LogP contribution >= 0.6 is 23.4 Å². The molecule has 0 aromatic carbocycles. The van der Waals surface area contributed by atoms with E-state index in [1.54, 1.807) is 6.07 Å². The maximum atomic E-state index is 12.7. The van der Waals surface area contributed by atoms with Crippen molar-refractivity contribution < 1.29 is 27.5 Å². The number of amides is 2. The SMILES string of the molecule is O=C1NC(=O)C(C2CCc3cc(Oc4ncc(C(F)(F)F)cc4Cl)cnc32)S1. The number of carbonyl (C=O) groups excluding carboxylic acids is 2. The van der Waals surface area contributed by atoms with E-state index in [9.17, 15) is 22.8 Å². The number of carbonyl (C=O) groups is 2. The molecule has 2 amide bonds. The summed E-state index contributed by atoms with van der Waals surface area (Å²) in [5.41, 5.74) is 0.584. The van der Waals surface area contributed by atoms with Gasteiger partial charge in [-0.3, -0.25) is 19.9 Å². The lowest BCUT2D eigenvalue weighted by Gasteiger charge is -2.15. The van der Waals surface area contributed by atoms with Crippen molar-refractivity contribution in [1.29, 1.82) is 0 Å². The highest BCUT2D eigenvalue weighted by atomic mass is 35.5. The fourth-order valence-electron chi connectivity index (χ4n) is 3.23. The van der Waals surface area contributed by atoms with Crippen molar-refractivity contribution in [2.45, 2.75) is 30.2 Å². The van der Waals surface area contributed by atoms with Gasteiger partial charge in [0, 0.05) is 17.8 Å². The second-order valence-corrected chi connectivity index (χ2v) is 7.81. The molecule has 4 rings (SSSR count). The Morgan fingerprint density at radius 3 is 2.64 bits per heavy atom. The first-order valence-electron chi connectivity index (χ1n) is 8.13. The summed E-state index contributed by atoms with van der Waals surface area (Å²) in [5.74, 6) is -0.403. The van der Waals surface area contributed by atoms with Crippen LogP contribution in [-0.4, -0.2) is 26.4 Å². The maximum absolute atomic E-state index is 12.7. The number of fused-ring (bicyclic) bond motifs is 1. The van der Waals surface area contributed by atoms with Gasteiger partial charge in [0.1, 0.15) is 16.0 Å². The van der Waals surface area contributed by atoms with E-state index in [4.69, 9.17) is 16.3 Å². The molecule has 2 aliphatic rings. The summed E-state index contributed by atoms with van der Waals surface area (Å²) in [5, 5.41) is 1.11. The Bertz CT molecular complexity index is 986. The third-order valence-electron chi connectivity index (χ3n) is 4.48. The number of rotatable bonds is 3. The highest BCUT2D eigenvalue weighted by Gasteiger charge is 2.42. The number of imide groups is 1. The lowest BCUT2D eigenvalue weighted by atomic mass is 10.0. The molecule has 2 aromatic rings. The number of nitrogens with zero attached hydrogens (tertiary/aromatic N) is 2. The molecule has 0 spiro atoms. The van der Waals surface area contributed by atoms with Gasteiger partial charge in [-0.15, -0.1) is 0 Å². The minimum Gasteiger partial charge on any atom is -0.436 e. The van der Waals surface area contributed by atoms with Gasteiger partial charge in [-0.2, -0.15) is 13.2 Å². The van der Waals surface area contributed by atoms with Crippen molar-refractivity contribution >= 4 is 34.5 Å². The first-order chi connectivity index (χ1) is 13.2. The van der Waals surface area contributed by atoms with Crippen LogP contribution in [0.4, 0.5) is 18.0 Å². The minimum absolute atomic E-state index is 0.165. The fourth-order valence-corrected chi connectivity index (χ4v) is 4.42. The minimum atomic E-state index is -4.55. The van der Waals surface area contributed by atoms with E-state index in [0.29, 0.717) is 24.7 Å². The van der Waals surface area contributed by atoms with Crippen molar-refractivity contribution in [3.05, 3.63) is 46.4 Å². The quantitative estimate of drug-likeness (QED) is 0.782. The zero-order valence-electron chi connectivity index (χ0n) is 13.9. The predicted octanol–water partition coefficient (Wildman–Crippen LogP) is 4.32. The second-order valence-electron chi connectivity index (χ2n) is 6.29. The van der Waals surface area contributed by atoms with Gasteiger partial charge in [0.2, 0.25) is 11.8 Å². The van der Waals surface area contributed by atoms with Gasteiger partial charge < -0.3 is 4.74 Å². The highest BCUT2D eigenvalue weighted by molar-refractivity contribution is 8.15. The Hall–Kier alpha value is -2.33. The summed E-state index contributed by atoms with van der Waals surface area (Å²) < 4.78 is 43.6. The maximum Gasteiger partial charge on any atom is 0.417 e. The number of ether oxygens (including phenoxy) is 1. The Balaban J connectivity index is 1.54. The lowest BCUT2D eigenvalue weighted by Crippen LogP contribution is -2.28. The molecule has 0 saturated carbocycles. The molecule has 1 aliphatic carbocycles. The van der Waals surface area contributed by atoms with E-state index in [1.165, 1.54) is 6.20 Å². The summed E-state index contributed by atoms with van der Waals surface area (Å²) >= 11 is 6.81. The number of aromatic nitrogens is 2. The van der Waals surface area contributed by atoms with Gasteiger partial charge in [0.15, 0.2) is 0 Å². The van der Waals surface area contributed by atoms with Crippen LogP contribution in [0.5, 0.6) is 11.6 Å². The topological polar surface area (TPSA) is 81.2 Å². The van der Waals surface area contributed by atoms with Crippen molar-refractivity contribution in [3.63, 3.8) is 0 Å². The molecule has 0 radical (unpaired) electrons. The van der Waals surface area contributed by atoms with Gasteiger partial charge in [0.05, 0.1) is 11.8 Å². The smallest absolute Gasteiger partial charge is 0.417 e. The van der Waals surface area contributed by atoms with Crippen LogP contribution in [0.25, 0.3) is 0 Å². The monoisotopic (exact) mass is 429 g/mol. The van der Waals surface area contributed by atoms with Crippen LogP contribution in [0.1, 0.15) is 29.2 Å². The van der Waals surface area contributed by atoms with E-state index >= 15 is 0 Å². The summed E-state index contributed by atoms with van der Waals surface area (Å²) in [6, 6.07) is 2.44. The summed E-state index contributed by atoms with van der Waals surface area (Å²) in [6.45, 7) is 0. The molecule has 0 bridgehead atoms. The molecular formula is C17H11ClF3N3O3S. The number of halogens is 4. The van der Waals surface area contributed by atoms with Gasteiger partial charge in [-0.1, -0.05) is 23.4 Å². The first kappa shape index (κ1) is 19.0. The number of pyridine rings is 2. The molecule has 2 aromatic heterocycles. The average molecular weight is 430 g/mol. The number of thioether (sulfide) groups is 1. The van der Waals surface area contributed by atoms with Crippen LogP contribution in [0.2, 0.25) is 5.02 Å². The Morgan fingerprint density at radius 1 is 1.21 bits per heavy atom. The summed E-state index contributed by atoms with van der Waals surface area (Å²) in [7, 11) is 0. The van der Waals surface area contributed by atoms with Gasteiger partial charge >= 0.3 is 6.18 Å². The Morgan fingerprint density at radius 2 is 2.00 bits per heavy atom. The van der Waals surface area contributed by atoms with E-state index in [2.05, 4.69) is 15.3 Å². The number of hydrogen-bond donors (Lipinski definition) is 1. The van der Waals surface area contributed by atoms with Crippen LogP contribution in [-0.2, 0) is 17.4 Å². The lowest BCUT2D eigenvalue weighted by molar-refractivity contribution is -0.137. The molecule has 3 heterocycles. The zero-order valence-corrected chi connectivity index (χ0v) is 15.5. The van der Waals surface area contributed by atoms with Crippen LogP contribution in [0, 0.1) is 0 Å². The molecule has 11 heteroatoms. The van der Waals surface area contributed by atoms with Gasteiger partial charge in [-0.05, 0) is 30.5 Å². The molecule has 6 nitrogen and oxygen atoms in total. The molecule has 1 fully saturated rings. The van der Waals surface area contributed by atoms with Gasteiger partial charge in [-0.25, -0.2) is 4.98 Å². The normalized spacial score (nSPS) is 21.6. The number of alkyl halides is 3. The Kier molecular flexibility index (Phi) is 4.70. The second kappa shape index (κ2) is 6.93. The highest BCUT2D eigenvalue weighted by Crippen LogP contribution is 2.42. The average Bonchev–Trinajstić information content (AvgIpc) is 3.17. The van der Waals surface area contributed by atoms with E-state index < -0.39 is 17.0 Å². The van der Waals surface area contributed by atoms with Crippen LogP contribution in [0.15, 0.2) is 24.5 Å². The van der Waals surface area contributed by atoms with E-state index in [1.807, 2.05) is 0 Å². The molecule has 28 heavy (non-hydrogen) atoms. The molecular weight excluding hydrogens is 419 g/mol. The van der Waals surface area contributed by atoms with Gasteiger partial charge in [0.25, 0.3) is 5.24 Å². The molecule has 146 valence electrons. The Labute approximate surface area is 165 Å². The molecule has 1 aliphatic heterocycles. The zero-order chi connectivity index (χ0) is 20.1. The van der Waals surface area contributed by atoms with Crippen molar-refractivity contribution in [3.8, 4) is 11.6 Å². The third-order valence-corrected chi connectivity index (χ3v) is 5.87. The molecule has 1 N–H and O–H groups in total. The standard InChI is InChI=1S/C17H11ClF3N3O3S/c18-11-4-8(17(19,20)21)5-23-15(11)27-9-3-7-1-2-10(12(7)22-6-9)13-14(25)24-16(26)28-13/h3-6,10,13H,1-2H2,(H,24,25,26). The first-order valence-corrected chi connectivity index (χ1v) is 9.39. The largest absolute Gasteiger partial charge is 0.436 e. The van der Waals surface area contributed by atoms with Crippen LogP contribution in [0.3, 0.4) is 0 Å². The summed E-state index contributed by atoms with van der Waals surface area (Å²) in [6.07, 6.45) is -1.22. The molecule has 2 unspecified atom stereocenters. The predicted molar refractivity (Wildman–Crippen MR) is 94.5 cm³/mol. The van der Waals surface area contributed by atoms with Crippen molar-refractivity contribution in [2.24, 2.45) is 0 Å². The molecule has 2 atom stereocenters. The molecule has 1 saturated heterocycles. The fraction of sp³-hybridized carbons (Fsp3) is 0.294. The number of hydrogen-bond acceptors (Lipinski definition) is 6. The number of nitrogens with one attached hydrogen (secondary N) is 1. The van der Waals surface area contributed by atoms with E-state index in [0.717, 1.165) is 23.4 Å². The van der Waals surface area contributed by atoms with Crippen molar-refractivity contribution in [1.82, 2.24) is 15.3 Å². The van der Waals surface area contributed by atoms with Crippen molar-refractivity contribution in [2.75, 3.05) is 0 Å².